The number of ether oxygens (including phenoxy) is 2. The Balaban J connectivity index is 1.54. The third-order valence-corrected chi connectivity index (χ3v) is 6.13. The Bertz CT molecular complexity index is 1620. The number of carbonyl (C=O) groups is 1. The van der Waals surface area contributed by atoms with Gasteiger partial charge >= 0.3 is 5.97 Å². The SMILES string of the molecule is CCCOc1ccc(C=c2sc3nc(-c4cc5ccccc5cc4OC(C)=O)nn3c2=O)cc1. The zero-order chi connectivity index (χ0) is 23.7. The molecule has 8 heteroatoms. The van der Waals surface area contributed by atoms with E-state index in [4.69, 9.17) is 9.47 Å². The molecule has 7 nitrogen and oxygen atoms in total. The van der Waals surface area contributed by atoms with Crippen molar-refractivity contribution < 1.29 is 14.3 Å². The summed E-state index contributed by atoms with van der Waals surface area (Å²) in [5.74, 6) is 1.04. The van der Waals surface area contributed by atoms with Crippen LogP contribution in [0.5, 0.6) is 11.5 Å². The molecule has 3 aromatic carbocycles. The van der Waals surface area contributed by atoms with Gasteiger partial charge < -0.3 is 9.47 Å². The highest BCUT2D eigenvalue weighted by atomic mass is 32.1. The molecule has 0 aliphatic rings. The third-order valence-electron chi connectivity index (χ3n) is 5.18. The first-order valence-corrected chi connectivity index (χ1v) is 11.7. The number of nitrogens with zero attached hydrogens (tertiary/aromatic N) is 3. The lowest BCUT2D eigenvalue weighted by Crippen LogP contribution is -2.23. The summed E-state index contributed by atoms with van der Waals surface area (Å²) < 4.78 is 12.9. The molecule has 0 saturated carbocycles. The molecule has 5 aromatic rings. The van der Waals surface area contributed by atoms with Crippen molar-refractivity contribution in [2.75, 3.05) is 6.61 Å². The Kier molecular flexibility index (Phi) is 5.81. The minimum Gasteiger partial charge on any atom is -0.494 e. The zero-order valence-electron chi connectivity index (χ0n) is 18.6. The molecular weight excluding hydrogens is 450 g/mol. The minimum atomic E-state index is -0.440. The summed E-state index contributed by atoms with van der Waals surface area (Å²) in [7, 11) is 0. The van der Waals surface area contributed by atoms with E-state index in [2.05, 4.69) is 17.0 Å². The Labute approximate surface area is 198 Å². The number of hydrogen-bond donors (Lipinski definition) is 0. The van der Waals surface area contributed by atoms with Crippen LogP contribution in [-0.2, 0) is 4.79 Å². The van der Waals surface area contributed by atoms with Crippen LogP contribution in [0.3, 0.4) is 0 Å². The van der Waals surface area contributed by atoms with E-state index in [1.165, 1.54) is 22.8 Å². The molecule has 0 aliphatic heterocycles. The van der Waals surface area contributed by atoms with Crippen LogP contribution in [0, 0.1) is 0 Å². The summed E-state index contributed by atoms with van der Waals surface area (Å²) in [4.78, 5) is 29.7. The van der Waals surface area contributed by atoms with E-state index in [0.29, 0.717) is 33.2 Å². The third kappa shape index (κ3) is 4.27. The molecule has 0 atom stereocenters. The lowest BCUT2D eigenvalue weighted by molar-refractivity contribution is -0.131. The molecule has 0 unspecified atom stereocenters. The second-order valence-electron chi connectivity index (χ2n) is 7.75. The summed E-state index contributed by atoms with van der Waals surface area (Å²) in [6, 6.07) is 19.0. The fraction of sp³-hybridized carbons (Fsp3) is 0.154. The number of thiazole rings is 1. The van der Waals surface area contributed by atoms with Gasteiger partial charge in [-0.15, -0.1) is 5.10 Å². The standard InChI is InChI=1S/C26H21N3O4S/c1-3-12-32-20-10-8-17(9-11-20)13-23-25(31)29-26(34-23)27-24(28-29)21-14-18-6-4-5-7-19(18)15-22(21)33-16(2)30/h4-11,13-15H,3,12H2,1-2H3. The fourth-order valence-electron chi connectivity index (χ4n) is 3.61. The van der Waals surface area contributed by atoms with Gasteiger partial charge in [0.25, 0.3) is 5.56 Å². The predicted molar refractivity (Wildman–Crippen MR) is 132 cm³/mol. The van der Waals surface area contributed by atoms with Gasteiger partial charge in [-0.25, -0.2) is 0 Å². The molecule has 2 heterocycles. The van der Waals surface area contributed by atoms with Gasteiger partial charge in [0.2, 0.25) is 4.96 Å². The van der Waals surface area contributed by atoms with E-state index in [1.807, 2.05) is 60.7 Å². The first kappa shape index (κ1) is 21.8. The van der Waals surface area contributed by atoms with Crippen molar-refractivity contribution in [3.8, 4) is 22.9 Å². The Morgan fingerprint density at radius 3 is 2.50 bits per heavy atom. The van der Waals surface area contributed by atoms with Crippen LogP contribution >= 0.6 is 11.3 Å². The van der Waals surface area contributed by atoms with Gasteiger partial charge in [-0.3, -0.25) is 9.59 Å². The average Bonchev–Trinajstić information content (AvgIpc) is 3.37. The second kappa shape index (κ2) is 9.07. The van der Waals surface area contributed by atoms with Gasteiger partial charge in [-0.05, 0) is 53.1 Å². The molecule has 0 spiro atoms. The number of carbonyl (C=O) groups excluding carboxylic acids is 1. The topological polar surface area (TPSA) is 82.8 Å². The minimum absolute atomic E-state index is 0.250. The summed E-state index contributed by atoms with van der Waals surface area (Å²) in [6.45, 7) is 4.07. The van der Waals surface area contributed by atoms with Gasteiger partial charge in [0.15, 0.2) is 5.82 Å². The highest BCUT2D eigenvalue weighted by Gasteiger charge is 2.17. The highest BCUT2D eigenvalue weighted by Crippen LogP contribution is 2.33. The van der Waals surface area contributed by atoms with Gasteiger partial charge in [-0.1, -0.05) is 54.7 Å². The first-order valence-electron chi connectivity index (χ1n) is 10.9. The number of fused-ring (bicyclic) bond motifs is 2. The van der Waals surface area contributed by atoms with Crippen molar-refractivity contribution in [2.24, 2.45) is 0 Å². The average molecular weight is 472 g/mol. The molecule has 0 fully saturated rings. The largest absolute Gasteiger partial charge is 0.494 e. The van der Waals surface area contributed by atoms with E-state index in [-0.39, 0.29) is 5.56 Å². The smallest absolute Gasteiger partial charge is 0.308 e. The van der Waals surface area contributed by atoms with Crippen molar-refractivity contribution in [3.63, 3.8) is 0 Å². The van der Waals surface area contributed by atoms with Crippen molar-refractivity contribution >= 4 is 39.1 Å². The maximum atomic E-state index is 13.0. The van der Waals surface area contributed by atoms with E-state index < -0.39 is 5.97 Å². The van der Waals surface area contributed by atoms with Crippen molar-refractivity contribution in [1.82, 2.24) is 14.6 Å². The Hall–Kier alpha value is -4.04. The molecule has 0 N–H and O–H groups in total. The van der Waals surface area contributed by atoms with Gasteiger partial charge in [-0.2, -0.15) is 9.50 Å². The van der Waals surface area contributed by atoms with Gasteiger partial charge in [0.05, 0.1) is 16.7 Å². The van der Waals surface area contributed by atoms with Crippen LogP contribution in [0.4, 0.5) is 0 Å². The van der Waals surface area contributed by atoms with E-state index in [0.717, 1.165) is 28.5 Å². The highest BCUT2D eigenvalue weighted by molar-refractivity contribution is 7.15. The Morgan fingerprint density at radius 2 is 1.82 bits per heavy atom. The first-order chi connectivity index (χ1) is 16.5. The molecule has 0 saturated heterocycles. The summed E-state index contributed by atoms with van der Waals surface area (Å²) in [6.07, 6.45) is 2.76. The van der Waals surface area contributed by atoms with Crippen molar-refractivity contribution in [1.29, 1.82) is 0 Å². The van der Waals surface area contributed by atoms with Crippen LogP contribution in [0.15, 0.2) is 65.5 Å². The van der Waals surface area contributed by atoms with Gasteiger partial charge in [0.1, 0.15) is 11.5 Å². The van der Waals surface area contributed by atoms with E-state index in [1.54, 1.807) is 6.07 Å². The van der Waals surface area contributed by atoms with Gasteiger partial charge in [0, 0.05) is 6.92 Å². The summed E-state index contributed by atoms with van der Waals surface area (Å²) >= 11 is 1.26. The molecule has 2 aromatic heterocycles. The maximum absolute atomic E-state index is 13.0. The van der Waals surface area contributed by atoms with Crippen LogP contribution in [-0.4, -0.2) is 27.2 Å². The zero-order valence-corrected chi connectivity index (χ0v) is 19.5. The molecule has 5 rings (SSSR count). The number of aromatic nitrogens is 3. The molecule has 170 valence electrons. The molecule has 0 amide bonds. The lowest BCUT2D eigenvalue weighted by Gasteiger charge is -2.08. The summed E-state index contributed by atoms with van der Waals surface area (Å²) in [5, 5.41) is 6.32. The van der Waals surface area contributed by atoms with E-state index >= 15 is 0 Å². The monoisotopic (exact) mass is 471 g/mol. The number of hydrogen-bond acceptors (Lipinski definition) is 7. The van der Waals surface area contributed by atoms with Crippen LogP contribution in [0.1, 0.15) is 25.8 Å². The summed E-state index contributed by atoms with van der Waals surface area (Å²) in [5.41, 5.74) is 1.19. The van der Waals surface area contributed by atoms with Crippen LogP contribution < -0.4 is 19.6 Å². The molecule has 0 radical (unpaired) electrons. The number of rotatable bonds is 6. The van der Waals surface area contributed by atoms with Crippen molar-refractivity contribution in [3.05, 3.63) is 81.1 Å². The Morgan fingerprint density at radius 1 is 1.09 bits per heavy atom. The normalized spacial score (nSPS) is 11.9. The van der Waals surface area contributed by atoms with E-state index in [9.17, 15) is 9.59 Å². The molecular formula is C26H21N3O4S. The molecule has 34 heavy (non-hydrogen) atoms. The predicted octanol–water partition coefficient (Wildman–Crippen LogP) is 4.23. The fourth-order valence-corrected chi connectivity index (χ4v) is 4.52. The molecule has 0 aliphatic carbocycles. The van der Waals surface area contributed by atoms with Crippen LogP contribution in [0.25, 0.3) is 33.2 Å². The number of benzene rings is 3. The maximum Gasteiger partial charge on any atom is 0.308 e. The van der Waals surface area contributed by atoms with Crippen LogP contribution in [0.2, 0.25) is 0 Å². The number of esters is 1. The van der Waals surface area contributed by atoms with Crippen molar-refractivity contribution in [2.45, 2.75) is 20.3 Å². The molecule has 0 bridgehead atoms. The lowest BCUT2D eigenvalue weighted by atomic mass is 10.1. The second-order valence-corrected chi connectivity index (χ2v) is 8.76. The quantitative estimate of drug-likeness (QED) is 0.272.